The van der Waals surface area contributed by atoms with Crippen molar-refractivity contribution in [2.75, 3.05) is 20.6 Å². The number of urea groups is 1. The molecule has 1 aliphatic heterocycles. The highest BCUT2D eigenvalue weighted by Gasteiger charge is 2.19. The van der Waals surface area contributed by atoms with Crippen LogP contribution < -0.4 is 10.6 Å². The first-order chi connectivity index (χ1) is 6.09. The van der Waals surface area contributed by atoms with Crippen LogP contribution in [-0.4, -0.2) is 43.7 Å². The summed E-state index contributed by atoms with van der Waals surface area (Å²) >= 11 is 0. The molecule has 0 aromatic carbocycles. The summed E-state index contributed by atoms with van der Waals surface area (Å²) in [5.74, 6) is 0. The molecule has 1 saturated heterocycles. The monoisotopic (exact) mass is 185 g/mol. The molecule has 0 bridgehead atoms. The zero-order valence-electron chi connectivity index (χ0n) is 8.63. The summed E-state index contributed by atoms with van der Waals surface area (Å²) in [6.07, 6.45) is 2.21. The van der Waals surface area contributed by atoms with Crippen LogP contribution in [0.15, 0.2) is 0 Å². The Balaban J connectivity index is 2.26. The zero-order chi connectivity index (χ0) is 9.84. The Morgan fingerprint density at radius 2 is 2.15 bits per heavy atom. The Morgan fingerprint density at radius 1 is 1.46 bits per heavy atom. The van der Waals surface area contributed by atoms with Gasteiger partial charge in [-0.05, 0) is 19.8 Å². The van der Waals surface area contributed by atoms with Gasteiger partial charge in [-0.15, -0.1) is 0 Å². The van der Waals surface area contributed by atoms with Gasteiger partial charge in [0, 0.05) is 32.7 Å². The lowest BCUT2D eigenvalue weighted by Gasteiger charge is -2.29. The van der Waals surface area contributed by atoms with Gasteiger partial charge in [-0.3, -0.25) is 0 Å². The Morgan fingerprint density at radius 3 is 2.62 bits per heavy atom. The van der Waals surface area contributed by atoms with Crippen LogP contribution in [0.3, 0.4) is 0 Å². The molecular formula is C9H19N3O. The summed E-state index contributed by atoms with van der Waals surface area (Å²) in [7, 11) is 3.52. The van der Waals surface area contributed by atoms with Crippen molar-refractivity contribution in [1.29, 1.82) is 0 Å². The molecule has 1 fully saturated rings. The van der Waals surface area contributed by atoms with Crippen LogP contribution in [0.2, 0.25) is 0 Å². The smallest absolute Gasteiger partial charge is 0.317 e. The van der Waals surface area contributed by atoms with Gasteiger partial charge >= 0.3 is 6.03 Å². The Labute approximate surface area is 79.7 Å². The van der Waals surface area contributed by atoms with Crippen molar-refractivity contribution in [1.82, 2.24) is 15.5 Å². The average Bonchev–Trinajstić information content (AvgIpc) is 2.08. The highest BCUT2D eigenvalue weighted by Crippen LogP contribution is 2.07. The van der Waals surface area contributed by atoms with Gasteiger partial charge < -0.3 is 15.5 Å². The van der Waals surface area contributed by atoms with Crippen LogP contribution in [-0.2, 0) is 0 Å². The van der Waals surface area contributed by atoms with Crippen LogP contribution in [0.5, 0.6) is 0 Å². The van der Waals surface area contributed by atoms with Gasteiger partial charge in [0.2, 0.25) is 0 Å². The van der Waals surface area contributed by atoms with Crippen molar-refractivity contribution in [3.63, 3.8) is 0 Å². The van der Waals surface area contributed by atoms with Crippen molar-refractivity contribution in [3.05, 3.63) is 0 Å². The highest BCUT2D eigenvalue weighted by atomic mass is 16.2. The molecule has 1 heterocycles. The molecule has 2 atom stereocenters. The number of piperidine rings is 1. The number of nitrogens with one attached hydrogen (secondary N) is 2. The molecule has 0 unspecified atom stereocenters. The summed E-state index contributed by atoms with van der Waals surface area (Å²) in [4.78, 5) is 12.8. The molecule has 0 radical (unpaired) electrons. The second kappa shape index (κ2) is 4.46. The minimum Gasteiger partial charge on any atom is -0.334 e. The van der Waals surface area contributed by atoms with E-state index in [1.165, 1.54) is 0 Å². The van der Waals surface area contributed by atoms with E-state index in [-0.39, 0.29) is 6.03 Å². The van der Waals surface area contributed by atoms with Crippen LogP contribution >= 0.6 is 0 Å². The van der Waals surface area contributed by atoms with Crippen LogP contribution in [0, 0.1) is 0 Å². The standard InChI is InChI=1S/C9H19N3O/c1-7-4-5-8(6-10-7)11-9(13)12(2)3/h7-8,10H,4-6H2,1-3H3,(H,11,13)/t7-,8+/m0/s1. The topological polar surface area (TPSA) is 44.4 Å². The van der Waals surface area contributed by atoms with E-state index >= 15 is 0 Å². The summed E-state index contributed by atoms with van der Waals surface area (Å²) in [6.45, 7) is 3.06. The summed E-state index contributed by atoms with van der Waals surface area (Å²) in [6, 6.07) is 0.889. The number of carbonyl (C=O) groups excluding carboxylic acids is 1. The first kappa shape index (κ1) is 10.3. The number of rotatable bonds is 1. The molecule has 0 aromatic rings. The Hall–Kier alpha value is -0.770. The predicted molar refractivity (Wildman–Crippen MR) is 52.7 cm³/mol. The largest absolute Gasteiger partial charge is 0.334 e. The lowest BCUT2D eigenvalue weighted by molar-refractivity contribution is 0.208. The maximum absolute atomic E-state index is 11.3. The van der Waals surface area contributed by atoms with E-state index in [1.807, 2.05) is 0 Å². The van der Waals surface area contributed by atoms with Gasteiger partial charge in [0.1, 0.15) is 0 Å². The molecular weight excluding hydrogens is 166 g/mol. The maximum atomic E-state index is 11.3. The van der Waals surface area contributed by atoms with Gasteiger partial charge in [-0.1, -0.05) is 0 Å². The maximum Gasteiger partial charge on any atom is 0.317 e. The fourth-order valence-corrected chi connectivity index (χ4v) is 1.43. The molecule has 4 nitrogen and oxygen atoms in total. The van der Waals surface area contributed by atoms with E-state index in [2.05, 4.69) is 17.6 Å². The fraction of sp³-hybridized carbons (Fsp3) is 0.889. The van der Waals surface area contributed by atoms with E-state index in [0.29, 0.717) is 12.1 Å². The van der Waals surface area contributed by atoms with E-state index < -0.39 is 0 Å². The van der Waals surface area contributed by atoms with E-state index in [4.69, 9.17) is 0 Å². The third-order valence-electron chi connectivity index (χ3n) is 2.39. The Kier molecular flexibility index (Phi) is 3.54. The zero-order valence-corrected chi connectivity index (χ0v) is 8.63. The highest BCUT2D eigenvalue weighted by molar-refractivity contribution is 5.73. The molecule has 0 saturated carbocycles. The summed E-state index contributed by atoms with van der Waals surface area (Å²) in [5, 5.41) is 6.31. The molecule has 0 spiro atoms. The second-order valence-corrected chi connectivity index (χ2v) is 3.93. The number of hydrogen-bond acceptors (Lipinski definition) is 2. The van der Waals surface area contributed by atoms with Crippen LogP contribution in [0.4, 0.5) is 4.79 Å². The summed E-state index contributed by atoms with van der Waals surface area (Å²) in [5.41, 5.74) is 0. The molecule has 13 heavy (non-hydrogen) atoms. The SMILES string of the molecule is C[C@H]1CC[C@@H](NC(=O)N(C)C)CN1. The number of carbonyl (C=O) groups is 1. The van der Waals surface area contributed by atoms with Crippen molar-refractivity contribution in [3.8, 4) is 0 Å². The fourth-order valence-electron chi connectivity index (χ4n) is 1.43. The number of hydrogen-bond donors (Lipinski definition) is 2. The molecule has 0 aromatic heterocycles. The quantitative estimate of drug-likeness (QED) is 0.621. The average molecular weight is 185 g/mol. The second-order valence-electron chi connectivity index (χ2n) is 3.93. The van der Waals surface area contributed by atoms with Gasteiger partial charge in [0.15, 0.2) is 0 Å². The van der Waals surface area contributed by atoms with Gasteiger partial charge in [0.25, 0.3) is 0 Å². The van der Waals surface area contributed by atoms with Gasteiger partial charge in [0.05, 0.1) is 0 Å². The molecule has 0 aliphatic carbocycles. The number of nitrogens with zero attached hydrogens (tertiary/aromatic N) is 1. The van der Waals surface area contributed by atoms with Crippen molar-refractivity contribution < 1.29 is 4.79 Å². The molecule has 76 valence electrons. The minimum atomic E-state index is 0.00125. The molecule has 2 amide bonds. The lowest BCUT2D eigenvalue weighted by Crippen LogP contribution is -2.50. The van der Waals surface area contributed by atoms with Crippen molar-refractivity contribution in [2.24, 2.45) is 0 Å². The van der Waals surface area contributed by atoms with Crippen molar-refractivity contribution in [2.45, 2.75) is 31.8 Å². The van der Waals surface area contributed by atoms with Crippen LogP contribution in [0.25, 0.3) is 0 Å². The lowest BCUT2D eigenvalue weighted by atomic mass is 10.0. The van der Waals surface area contributed by atoms with Crippen LogP contribution in [0.1, 0.15) is 19.8 Å². The third kappa shape index (κ3) is 3.22. The summed E-state index contributed by atoms with van der Waals surface area (Å²) < 4.78 is 0. The molecule has 4 heteroatoms. The predicted octanol–water partition coefficient (Wildman–Crippen LogP) is 0.398. The molecule has 1 rings (SSSR count). The minimum absolute atomic E-state index is 0.00125. The first-order valence-electron chi connectivity index (χ1n) is 4.81. The van der Waals surface area contributed by atoms with Gasteiger partial charge in [-0.25, -0.2) is 4.79 Å². The molecule has 2 N–H and O–H groups in total. The third-order valence-corrected chi connectivity index (χ3v) is 2.39. The van der Waals surface area contributed by atoms with E-state index in [9.17, 15) is 4.79 Å². The van der Waals surface area contributed by atoms with E-state index in [1.54, 1.807) is 19.0 Å². The first-order valence-corrected chi connectivity index (χ1v) is 4.81. The normalized spacial score (nSPS) is 28.2. The molecule has 1 aliphatic rings. The Bertz CT molecular complexity index is 174. The van der Waals surface area contributed by atoms with E-state index in [0.717, 1.165) is 19.4 Å². The van der Waals surface area contributed by atoms with Crippen molar-refractivity contribution >= 4 is 6.03 Å². The number of amides is 2. The van der Waals surface area contributed by atoms with Gasteiger partial charge in [-0.2, -0.15) is 0 Å².